The second kappa shape index (κ2) is 10.0. The zero-order chi connectivity index (χ0) is 21.3. The molecule has 0 N–H and O–H groups in total. The Morgan fingerprint density at radius 1 is 0.600 bits per heavy atom. The quantitative estimate of drug-likeness (QED) is 0.352. The molecule has 0 aliphatic carbocycles. The Balaban J connectivity index is 1.70. The van der Waals surface area contributed by atoms with Gasteiger partial charge in [0.15, 0.2) is 0 Å². The molecule has 0 amide bonds. The molecule has 0 saturated carbocycles. The molecule has 0 spiro atoms. The predicted molar refractivity (Wildman–Crippen MR) is 116 cm³/mol. The van der Waals surface area contributed by atoms with Crippen molar-refractivity contribution in [2.24, 2.45) is 0 Å². The van der Waals surface area contributed by atoms with Crippen LogP contribution in [-0.4, -0.2) is 11.9 Å². The van der Waals surface area contributed by atoms with Crippen LogP contribution in [0, 0.1) is 0 Å². The summed E-state index contributed by atoms with van der Waals surface area (Å²) in [6.45, 7) is 7.54. The number of carbonyl (C=O) groups is 2. The second-order valence-electron chi connectivity index (χ2n) is 6.52. The Hall–Kier alpha value is -3.92. The lowest BCUT2D eigenvalue weighted by molar-refractivity contribution is 0.0377. The molecular formula is C26H22O4. The maximum absolute atomic E-state index is 12.3. The van der Waals surface area contributed by atoms with Gasteiger partial charge in [-0.3, -0.25) is 0 Å². The Morgan fingerprint density at radius 2 is 0.933 bits per heavy atom. The molecule has 0 saturated heterocycles. The van der Waals surface area contributed by atoms with E-state index < -0.39 is 24.1 Å². The number of hydrogen-bond donors (Lipinski definition) is 0. The molecule has 0 fully saturated rings. The van der Waals surface area contributed by atoms with Crippen molar-refractivity contribution < 1.29 is 19.1 Å². The summed E-state index contributed by atoms with van der Waals surface area (Å²) in [6.07, 6.45) is 1.94. The van der Waals surface area contributed by atoms with E-state index in [-0.39, 0.29) is 0 Å². The summed E-state index contributed by atoms with van der Waals surface area (Å²) in [7, 11) is 0. The first-order chi connectivity index (χ1) is 14.6. The fourth-order valence-corrected chi connectivity index (χ4v) is 2.90. The Kier molecular flexibility index (Phi) is 6.95. The topological polar surface area (TPSA) is 52.6 Å². The molecule has 0 aliphatic heterocycles. The van der Waals surface area contributed by atoms with Crippen LogP contribution >= 0.6 is 0 Å². The maximum Gasteiger partial charge on any atom is 0.339 e. The summed E-state index contributed by atoms with van der Waals surface area (Å²) < 4.78 is 11.1. The first-order valence-corrected chi connectivity index (χ1v) is 9.49. The summed E-state index contributed by atoms with van der Waals surface area (Å²) in [6, 6.07) is 24.8. The van der Waals surface area contributed by atoms with Crippen LogP contribution in [0.1, 0.15) is 44.1 Å². The van der Waals surface area contributed by atoms with Gasteiger partial charge in [-0.25, -0.2) is 9.59 Å². The summed E-state index contributed by atoms with van der Waals surface area (Å²) in [4.78, 5) is 24.6. The number of esters is 2. The Bertz CT molecular complexity index is 923. The van der Waals surface area contributed by atoms with Crippen molar-refractivity contribution >= 4 is 11.9 Å². The zero-order valence-corrected chi connectivity index (χ0v) is 16.4. The summed E-state index contributed by atoms with van der Waals surface area (Å²) in [5, 5.41) is 0. The number of benzene rings is 3. The van der Waals surface area contributed by atoms with Gasteiger partial charge in [0.05, 0.1) is 11.1 Å². The third kappa shape index (κ3) is 5.11. The van der Waals surface area contributed by atoms with Crippen LogP contribution in [0.4, 0.5) is 0 Å². The minimum atomic E-state index is -0.596. The van der Waals surface area contributed by atoms with Crippen LogP contribution in [0.5, 0.6) is 0 Å². The number of carbonyl (C=O) groups excluding carboxylic acids is 2. The highest BCUT2D eigenvalue weighted by Gasteiger charge is 2.18. The number of rotatable bonds is 8. The zero-order valence-electron chi connectivity index (χ0n) is 16.4. The third-order valence-electron chi connectivity index (χ3n) is 4.51. The second-order valence-corrected chi connectivity index (χ2v) is 6.52. The van der Waals surface area contributed by atoms with Gasteiger partial charge in [0, 0.05) is 0 Å². The van der Waals surface area contributed by atoms with E-state index in [2.05, 4.69) is 13.2 Å². The lowest BCUT2D eigenvalue weighted by Crippen LogP contribution is -2.11. The van der Waals surface area contributed by atoms with Crippen LogP contribution in [0.25, 0.3) is 0 Å². The van der Waals surface area contributed by atoms with Gasteiger partial charge in [-0.2, -0.15) is 0 Å². The molecule has 0 aliphatic rings. The minimum Gasteiger partial charge on any atom is -0.450 e. The van der Waals surface area contributed by atoms with Gasteiger partial charge in [0.25, 0.3) is 0 Å². The lowest BCUT2D eigenvalue weighted by Gasteiger charge is -2.17. The molecule has 3 aromatic carbocycles. The van der Waals surface area contributed by atoms with E-state index in [0.717, 1.165) is 11.1 Å². The SMILES string of the molecule is C=CC(OC(=O)c1ccccc1)c1ccc(C(C=C)OC(=O)c2ccccc2)cc1. The molecule has 3 rings (SSSR count). The molecule has 0 radical (unpaired) electrons. The predicted octanol–water partition coefficient (Wildman–Crippen LogP) is 5.85. The highest BCUT2D eigenvalue weighted by atomic mass is 16.5. The molecule has 0 bridgehead atoms. The van der Waals surface area contributed by atoms with Crippen molar-refractivity contribution in [1.82, 2.24) is 0 Å². The van der Waals surface area contributed by atoms with Crippen molar-refractivity contribution in [1.29, 1.82) is 0 Å². The minimum absolute atomic E-state index is 0.426. The van der Waals surface area contributed by atoms with Crippen LogP contribution < -0.4 is 0 Å². The standard InChI is InChI=1S/C26H22O4/c1-3-23(29-25(27)21-11-7-5-8-12-21)19-15-17-20(18-16-19)24(4-2)30-26(28)22-13-9-6-10-14-22/h3-18,23-24H,1-2H2. The maximum atomic E-state index is 12.3. The molecule has 4 heteroatoms. The van der Waals surface area contributed by atoms with E-state index in [1.165, 1.54) is 0 Å². The molecular weight excluding hydrogens is 376 g/mol. The Labute approximate surface area is 176 Å². The van der Waals surface area contributed by atoms with Gasteiger partial charge in [-0.15, -0.1) is 0 Å². The average Bonchev–Trinajstić information content (AvgIpc) is 2.82. The van der Waals surface area contributed by atoms with Crippen LogP contribution in [0.2, 0.25) is 0 Å². The van der Waals surface area contributed by atoms with Gasteiger partial charge >= 0.3 is 11.9 Å². The first kappa shape index (κ1) is 20.8. The van der Waals surface area contributed by atoms with Gasteiger partial charge in [-0.1, -0.05) is 73.8 Å². The van der Waals surface area contributed by atoms with Crippen LogP contribution in [0.15, 0.2) is 110 Å². The Morgan fingerprint density at radius 3 is 1.23 bits per heavy atom. The molecule has 4 nitrogen and oxygen atoms in total. The van der Waals surface area contributed by atoms with Gasteiger partial charge in [0.1, 0.15) is 12.2 Å². The first-order valence-electron chi connectivity index (χ1n) is 9.49. The number of ether oxygens (including phenoxy) is 2. The summed E-state index contributed by atoms with van der Waals surface area (Å²) in [5.41, 5.74) is 2.46. The summed E-state index contributed by atoms with van der Waals surface area (Å²) >= 11 is 0. The largest absolute Gasteiger partial charge is 0.450 e. The highest BCUT2D eigenvalue weighted by molar-refractivity contribution is 5.90. The fraction of sp³-hybridized carbons (Fsp3) is 0.0769. The lowest BCUT2D eigenvalue weighted by atomic mass is 10.0. The molecule has 3 aromatic rings. The van der Waals surface area contributed by atoms with Crippen molar-refractivity contribution in [2.45, 2.75) is 12.2 Å². The van der Waals surface area contributed by atoms with E-state index in [1.807, 2.05) is 36.4 Å². The van der Waals surface area contributed by atoms with Gasteiger partial charge in [-0.05, 0) is 47.5 Å². The molecule has 30 heavy (non-hydrogen) atoms. The van der Waals surface area contributed by atoms with Gasteiger partial charge in [0.2, 0.25) is 0 Å². The van der Waals surface area contributed by atoms with Crippen molar-refractivity contribution in [3.63, 3.8) is 0 Å². The summed E-state index contributed by atoms with van der Waals surface area (Å²) in [5.74, 6) is -0.851. The molecule has 2 unspecified atom stereocenters. The number of hydrogen-bond acceptors (Lipinski definition) is 4. The molecule has 0 aromatic heterocycles. The molecule has 150 valence electrons. The third-order valence-corrected chi connectivity index (χ3v) is 4.51. The highest BCUT2D eigenvalue weighted by Crippen LogP contribution is 2.25. The van der Waals surface area contributed by atoms with E-state index in [4.69, 9.17) is 9.47 Å². The average molecular weight is 398 g/mol. The van der Waals surface area contributed by atoms with E-state index in [0.29, 0.717) is 11.1 Å². The smallest absolute Gasteiger partial charge is 0.339 e. The van der Waals surface area contributed by atoms with Gasteiger partial charge < -0.3 is 9.47 Å². The normalized spacial score (nSPS) is 12.3. The van der Waals surface area contributed by atoms with E-state index in [1.54, 1.807) is 60.7 Å². The van der Waals surface area contributed by atoms with Crippen molar-refractivity contribution in [3.05, 3.63) is 132 Å². The van der Waals surface area contributed by atoms with Crippen molar-refractivity contribution in [3.8, 4) is 0 Å². The monoisotopic (exact) mass is 398 g/mol. The van der Waals surface area contributed by atoms with Crippen LogP contribution in [-0.2, 0) is 9.47 Å². The van der Waals surface area contributed by atoms with Crippen molar-refractivity contribution in [2.75, 3.05) is 0 Å². The van der Waals surface area contributed by atoms with E-state index >= 15 is 0 Å². The fourth-order valence-electron chi connectivity index (χ4n) is 2.90. The van der Waals surface area contributed by atoms with Crippen LogP contribution in [0.3, 0.4) is 0 Å². The van der Waals surface area contributed by atoms with E-state index in [9.17, 15) is 9.59 Å². The molecule has 2 atom stereocenters. The molecule has 0 heterocycles.